The maximum atomic E-state index is 13.9. The summed E-state index contributed by atoms with van der Waals surface area (Å²) in [6, 6.07) is 3.03. The fourth-order valence-electron chi connectivity index (χ4n) is 1.76. The topological polar surface area (TPSA) is 73.8 Å². The molecule has 1 heterocycles. The van der Waals surface area contributed by atoms with Crippen LogP contribution in [0.25, 0.3) is 5.57 Å². The first kappa shape index (κ1) is 13.9. The van der Waals surface area contributed by atoms with Gasteiger partial charge in [-0.2, -0.15) is 5.10 Å². The Morgan fingerprint density at radius 2 is 2.15 bits per heavy atom. The van der Waals surface area contributed by atoms with E-state index in [1.54, 1.807) is 0 Å². The van der Waals surface area contributed by atoms with Crippen LogP contribution in [0.4, 0.5) is 8.78 Å². The van der Waals surface area contributed by atoms with Crippen molar-refractivity contribution in [2.24, 2.45) is 5.73 Å². The van der Waals surface area contributed by atoms with Gasteiger partial charge in [0.2, 0.25) is 5.91 Å². The molecule has 1 aromatic heterocycles. The van der Waals surface area contributed by atoms with Crippen LogP contribution < -0.4 is 5.73 Å². The lowest BCUT2D eigenvalue weighted by molar-refractivity contribution is -0.114. The average molecular weight is 278 g/mol. The number of primary amides is 1. The van der Waals surface area contributed by atoms with Gasteiger partial charge in [-0.25, -0.2) is 18.4 Å². The van der Waals surface area contributed by atoms with Crippen LogP contribution in [0.3, 0.4) is 0 Å². The lowest BCUT2D eigenvalue weighted by Gasteiger charge is -2.12. The lowest BCUT2D eigenvalue weighted by atomic mass is 9.99. The first-order valence-corrected chi connectivity index (χ1v) is 5.76. The van der Waals surface area contributed by atoms with Crippen molar-refractivity contribution in [1.29, 1.82) is 0 Å². The van der Waals surface area contributed by atoms with Crippen LogP contribution in [0.2, 0.25) is 0 Å². The second-order valence-electron chi connectivity index (χ2n) is 4.19. The number of halogens is 2. The third-order valence-corrected chi connectivity index (χ3v) is 2.86. The van der Waals surface area contributed by atoms with Crippen molar-refractivity contribution >= 4 is 11.5 Å². The van der Waals surface area contributed by atoms with E-state index in [0.29, 0.717) is 0 Å². The van der Waals surface area contributed by atoms with Gasteiger partial charge in [0.15, 0.2) is 0 Å². The summed E-state index contributed by atoms with van der Waals surface area (Å²) in [5, 5.41) is 3.88. The number of amides is 1. The Balaban J connectivity index is 2.55. The highest BCUT2D eigenvalue weighted by molar-refractivity contribution is 5.99. The van der Waals surface area contributed by atoms with Crippen LogP contribution in [-0.4, -0.2) is 20.7 Å². The smallest absolute Gasteiger partial charge is 0.244 e. The number of benzene rings is 1. The third-order valence-electron chi connectivity index (χ3n) is 2.86. The average Bonchev–Trinajstić information content (AvgIpc) is 2.91. The summed E-state index contributed by atoms with van der Waals surface area (Å²) in [5.41, 5.74) is 5.62. The van der Waals surface area contributed by atoms with Crippen molar-refractivity contribution < 1.29 is 13.6 Å². The van der Waals surface area contributed by atoms with Gasteiger partial charge in [-0.05, 0) is 30.7 Å². The molecule has 2 N–H and O–H groups in total. The Bertz CT molecular complexity index is 665. The van der Waals surface area contributed by atoms with Gasteiger partial charge in [-0.15, -0.1) is 0 Å². The molecule has 2 aromatic rings. The lowest BCUT2D eigenvalue weighted by Crippen LogP contribution is -2.16. The summed E-state index contributed by atoms with van der Waals surface area (Å²) < 4.78 is 28.6. The van der Waals surface area contributed by atoms with Crippen molar-refractivity contribution in [3.63, 3.8) is 0 Å². The van der Waals surface area contributed by atoms with Gasteiger partial charge in [0.05, 0.1) is 6.54 Å². The molecule has 0 bridgehead atoms. The molecule has 0 unspecified atom stereocenters. The molecule has 0 aliphatic rings. The molecule has 0 fully saturated rings. The minimum Gasteiger partial charge on any atom is -0.366 e. The zero-order chi connectivity index (χ0) is 14.7. The normalized spacial score (nSPS) is 12.2. The van der Waals surface area contributed by atoms with Crippen LogP contribution in [0, 0.1) is 11.6 Å². The van der Waals surface area contributed by atoms with E-state index in [1.165, 1.54) is 24.3 Å². The van der Waals surface area contributed by atoms with Gasteiger partial charge in [0, 0.05) is 11.1 Å². The standard InChI is InChI=1S/C13H12F2N4O/c1-8(13(16)20)11(5-19-7-17-6-18-19)10-4-9(14)2-3-12(10)15/h2-4,6-7H,5H2,1H3,(H2,16,20)/b11-8+. The highest BCUT2D eigenvalue weighted by Crippen LogP contribution is 2.24. The van der Waals surface area contributed by atoms with Crippen molar-refractivity contribution in [2.75, 3.05) is 0 Å². The number of aromatic nitrogens is 3. The Morgan fingerprint density at radius 3 is 2.75 bits per heavy atom. The summed E-state index contributed by atoms with van der Waals surface area (Å²) >= 11 is 0. The zero-order valence-electron chi connectivity index (χ0n) is 10.7. The van der Waals surface area contributed by atoms with Crippen molar-refractivity contribution in [3.05, 3.63) is 53.6 Å². The highest BCUT2D eigenvalue weighted by atomic mass is 19.1. The summed E-state index contributed by atoms with van der Waals surface area (Å²) in [6.07, 6.45) is 2.71. The molecule has 1 amide bonds. The van der Waals surface area contributed by atoms with E-state index in [0.717, 1.165) is 18.2 Å². The predicted octanol–water partition coefficient (Wildman–Crippen LogP) is 1.52. The zero-order valence-corrected chi connectivity index (χ0v) is 10.7. The van der Waals surface area contributed by atoms with Gasteiger partial charge in [-0.1, -0.05) is 0 Å². The van der Waals surface area contributed by atoms with Gasteiger partial charge in [0.1, 0.15) is 24.3 Å². The largest absolute Gasteiger partial charge is 0.366 e. The number of carbonyl (C=O) groups is 1. The highest BCUT2D eigenvalue weighted by Gasteiger charge is 2.16. The molecule has 104 valence electrons. The van der Waals surface area contributed by atoms with Gasteiger partial charge < -0.3 is 5.73 Å². The van der Waals surface area contributed by atoms with Gasteiger partial charge in [-0.3, -0.25) is 4.79 Å². The number of hydrogen-bond donors (Lipinski definition) is 1. The molecule has 0 aliphatic heterocycles. The molecule has 0 radical (unpaired) electrons. The van der Waals surface area contributed by atoms with Gasteiger partial charge >= 0.3 is 0 Å². The number of hydrogen-bond acceptors (Lipinski definition) is 3. The second kappa shape index (κ2) is 5.60. The van der Waals surface area contributed by atoms with E-state index >= 15 is 0 Å². The maximum Gasteiger partial charge on any atom is 0.244 e. The van der Waals surface area contributed by atoms with E-state index in [-0.39, 0.29) is 23.3 Å². The van der Waals surface area contributed by atoms with E-state index in [4.69, 9.17) is 5.73 Å². The minimum absolute atomic E-state index is 0.0169. The quantitative estimate of drug-likeness (QED) is 0.862. The number of nitrogens with zero attached hydrogens (tertiary/aromatic N) is 3. The Labute approximate surface area is 113 Å². The SMILES string of the molecule is C/C(C(N)=O)=C(/Cn1cncn1)c1cc(F)ccc1F. The number of carbonyl (C=O) groups excluding carboxylic acids is 1. The van der Waals surface area contributed by atoms with Crippen LogP contribution >= 0.6 is 0 Å². The first-order chi connectivity index (χ1) is 9.49. The van der Waals surface area contributed by atoms with Crippen LogP contribution in [0.1, 0.15) is 12.5 Å². The Hall–Kier alpha value is -2.57. The minimum atomic E-state index is -0.705. The molecule has 5 nitrogen and oxygen atoms in total. The van der Waals surface area contributed by atoms with E-state index in [1.807, 2.05) is 0 Å². The van der Waals surface area contributed by atoms with Crippen LogP contribution in [-0.2, 0) is 11.3 Å². The second-order valence-corrected chi connectivity index (χ2v) is 4.19. The molecule has 0 atom stereocenters. The van der Waals surface area contributed by atoms with Crippen molar-refractivity contribution in [1.82, 2.24) is 14.8 Å². The van der Waals surface area contributed by atoms with Crippen LogP contribution in [0.5, 0.6) is 0 Å². The molecule has 1 aromatic carbocycles. The molecule has 20 heavy (non-hydrogen) atoms. The number of rotatable bonds is 4. The number of allylic oxidation sites excluding steroid dienone is 1. The molecule has 2 rings (SSSR count). The van der Waals surface area contributed by atoms with E-state index in [2.05, 4.69) is 10.1 Å². The molecule has 0 saturated heterocycles. The fourth-order valence-corrected chi connectivity index (χ4v) is 1.76. The fraction of sp³-hybridized carbons (Fsp3) is 0.154. The van der Waals surface area contributed by atoms with E-state index < -0.39 is 17.5 Å². The first-order valence-electron chi connectivity index (χ1n) is 5.76. The summed E-state index contributed by atoms with van der Waals surface area (Å²) in [5.74, 6) is -1.94. The molecular weight excluding hydrogens is 266 g/mol. The van der Waals surface area contributed by atoms with Crippen molar-refractivity contribution in [3.8, 4) is 0 Å². The molecule has 0 aliphatic carbocycles. The van der Waals surface area contributed by atoms with Crippen molar-refractivity contribution in [2.45, 2.75) is 13.5 Å². The van der Waals surface area contributed by atoms with Gasteiger partial charge in [0.25, 0.3) is 0 Å². The molecule has 0 spiro atoms. The maximum absolute atomic E-state index is 13.9. The summed E-state index contributed by atoms with van der Waals surface area (Å²) in [6.45, 7) is 1.52. The van der Waals surface area contributed by atoms with Crippen LogP contribution in [0.15, 0.2) is 36.4 Å². The molecular formula is C13H12F2N4O. The Morgan fingerprint density at radius 1 is 1.40 bits per heavy atom. The Kier molecular flexibility index (Phi) is 3.88. The van der Waals surface area contributed by atoms with E-state index in [9.17, 15) is 13.6 Å². The molecule has 7 heteroatoms. The third kappa shape index (κ3) is 2.87. The predicted molar refractivity (Wildman–Crippen MR) is 68.2 cm³/mol. The monoisotopic (exact) mass is 278 g/mol. The number of nitrogens with two attached hydrogens (primary N) is 1. The molecule has 0 saturated carbocycles. The summed E-state index contributed by atoms with van der Waals surface area (Å²) in [7, 11) is 0. The summed E-state index contributed by atoms with van der Waals surface area (Å²) in [4.78, 5) is 15.1.